The summed E-state index contributed by atoms with van der Waals surface area (Å²) in [6.45, 7) is 10.7. The van der Waals surface area contributed by atoms with Crippen LogP contribution in [-0.4, -0.2) is 24.6 Å². The number of anilines is 1. The van der Waals surface area contributed by atoms with Gasteiger partial charge in [0.25, 0.3) is 0 Å². The van der Waals surface area contributed by atoms with Crippen molar-refractivity contribution in [2.45, 2.75) is 40.2 Å². The number of hydrogen-bond donors (Lipinski definition) is 1. The standard InChI is InChI=1S/C17H27N3/c1-4-16-10-15(13-18-12-14(2)3)11-17(19-16)20-8-6-5-7-9-20/h5-6,10-11,14,18H,4,7-9,12-13H2,1-3H3. The van der Waals surface area contributed by atoms with Crippen molar-refractivity contribution < 1.29 is 0 Å². The molecule has 0 saturated carbocycles. The zero-order chi connectivity index (χ0) is 14.4. The Morgan fingerprint density at radius 1 is 1.30 bits per heavy atom. The zero-order valence-electron chi connectivity index (χ0n) is 13.0. The summed E-state index contributed by atoms with van der Waals surface area (Å²) < 4.78 is 0. The topological polar surface area (TPSA) is 28.2 Å². The van der Waals surface area contributed by atoms with Gasteiger partial charge in [-0.25, -0.2) is 4.98 Å². The predicted molar refractivity (Wildman–Crippen MR) is 86.1 cm³/mol. The first-order valence-corrected chi connectivity index (χ1v) is 7.79. The molecule has 1 aromatic heterocycles. The largest absolute Gasteiger partial charge is 0.353 e. The van der Waals surface area contributed by atoms with Gasteiger partial charge < -0.3 is 10.2 Å². The van der Waals surface area contributed by atoms with Gasteiger partial charge >= 0.3 is 0 Å². The molecule has 0 amide bonds. The number of hydrogen-bond acceptors (Lipinski definition) is 3. The van der Waals surface area contributed by atoms with E-state index in [9.17, 15) is 0 Å². The number of nitrogens with zero attached hydrogens (tertiary/aromatic N) is 2. The Kier molecular flexibility index (Phi) is 5.60. The van der Waals surface area contributed by atoms with Crippen LogP contribution in [0.4, 0.5) is 5.82 Å². The molecule has 0 spiro atoms. The normalized spacial score (nSPS) is 15.1. The lowest BCUT2D eigenvalue weighted by Gasteiger charge is -2.25. The lowest BCUT2D eigenvalue weighted by molar-refractivity contribution is 0.552. The number of rotatable bonds is 6. The maximum Gasteiger partial charge on any atom is 0.129 e. The second kappa shape index (κ2) is 7.44. The fraction of sp³-hybridized carbons (Fsp3) is 0.588. The lowest BCUT2D eigenvalue weighted by atomic mass is 10.1. The Bertz CT molecular complexity index is 452. The Labute approximate surface area is 123 Å². The van der Waals surface area contributed by atoms with Crippen molar-refractivity contribution in [1.29, 1.82) is 0 Å². The third kappa shape index (κ3) is 4.34. The van der Waals surface area contributed by atoms with Crippen LogP contribution in [0.3, 0.4) is 0 Å². The van der Waals surface area contributed by atoms with E-state index in [4.69, 9.17) is 4.98 Å². The van der Waals surface area contributed by atoms with Crippen LogP contribution in [-0.2, 0) is 13.0 Å². The minimum absolute atomic E-state index is 0.689. The Morgan fingerprint density at radius 2 is 2.15 bits per heavy atom. The van der Waals surface area contributed by atoms with Gasteiger partial charge in [0, 0.05) is 25.3 Å². The van der Waals surface area contributed by atoms with E-state index in [0.29, 0.717) is 5.92 Å². The van der Waals surface area contributed by atoms with Crippen molar-refractivity contribution in [2.24, 2.45) is 5.92 Å². The van der Waals surface area contributed by atoms with Gasteiger partial charge in [0.05, 0.1) is 0 Å². The van der Waals surface area contributed by atoms with Gasteiger partial charge in [0.15, 0.2) is 0 Å². The molecular formula is C17H27N3. The summed E-state index contributed by atoms with van der Waals surface area (Å²) >= 11 is 0. The van der Waals surface area contributed by atoms with Crippen molar-refractivity contribution in [3.8, 4) is 0 Å². The van der Waals surface area contributed by atoms with Crippen LogP contribution < -0.4 is 10.2 Å². The van der Waals surface area contributed by atoms with Crippen molar-refractivity contribution in [2.75, 3.05) is 24.5 Å². The summed E-state index contributed by atoms with van der Waals surface area (Å²) in [4.78, 5) is 7.15. The highest BCUT2D eigenvalue weighted by Gasteiger charge is 2.11. The average Bonchev–Trinajstić information content (AvgIpc) is 2.47. The number of aromatic nitrogens is 1. The number of nitrogens with one attached hydrogen (secondary N) is 1. The molecule has 1 aliphatic rings. The fourth-order valence-corrected chi connectivity index (χ4v) is 2.43. The lowest BCUT2D eigenvalue weighted by Crippen LogP contribution is -2.28. The molecule has 2 rings (SSSR count). The third-order valence-electron chi connectivity index (χ3n) is 3.55. The van der Waals surface area contributed by atoms with E-state index in [-0.39, 0.29) is 0 Å². The minimum atomic E-state index is 0.689. The molecule has 3 nitrogen and oxygen atoms in total. The van der Waals surface area contributed by atoms with E-state index in [1.807, 2.05) is 0 Å². The summed E-state index contributed by atoms with van der Waals surface area (Å²) in [5.74, 6) is 1.82. The summed E-state index contributed by atoms with van der Waals surface area (Å²) in [6, 6.07) is 4.47. The second-order valence-corrected chi connectivity index (χ2v) is 5.91. The van der Waals surface area contributed by atoms with Crippen LogP contribution in [0, 0.1) is 5.92 Å². The van der Waals surface area contributed by atoms with Gasteiger partial charge in [-0.1, -0.05) is 32.9 Å². The summed E-state index contributed by atoms with van der Waals surface area (Å²) in [7, 11) is 0. The second-order valence-electron chi connectivity index (χ2n) is 5.91. The summed E-state index contributed by atoms with van der Waals surface area (Å²) in [5, 5.41) is 3.52. The minimum Gasteiger partial charge on any atom is -0.353 e. The average molecular weight is 273 g/mol. The molecule has 110 valence electrons. The molecular weight excluding hydrogens is 246 g/mol. The van der Waals surface area contributed by atoms with E-state index in [1.54, 1.807) is 0 Å². The maximum absolute atomic E-state index is 4.78. The van der Waals surface area contributed by atoms with Gasteiger partial charge in [-0.05, 0) is 43.0 Å². The Morgan fingerprint density at radius 3 is 2.80 bits per heavy atom. The van der Waals surface area contributed by atoms with Crippen LogP contribution >= 0.6 is 0 Å². The van der Waals surface area contributed by atoms with Gasteiger partial charge in [0.2, 0.25) is 0 Å². The maximum atomic E-state index is 4.78. The van der Waals surface area contributed by atoms with Crippen molar-refractivity contribution >= 4 is 5.82 Å². The number of aryl methyl sites for hydroxylation is 1. The molecule has 0 radical (unpaired) electrons. The monoisotopic (exact) mass is 273 g/mol. The van der Waals surface area contributed by atoms with E-state index in [1.165, 1.54) is 11.3 Å². The van der Waals surface area contributed by atoms with Gasteiger partial charge in [-0.2, -0.15) is 0 Å². The molecule has 0 fully saturated rings. The van der Waals surface area contributed by atoms with Crippen molar-refractivity contribution in [3.05, 3.63) is 35.5 Å². The highest BCUT2D eigenvalue weighted by Crippen LogP contribution is 2.18. The molecule has 1 N–H and O–H groups in total. The molecule has 1 aromatic rings. The van der Waals surface area contributed by atoms with Gasteiger partial charge in [-0.15, -0.1) is 0 Å². The first-order valence-electron chi connectivity index (χ1n) is 7.79. The van der Waals surface area contributed by atoms with Crippen LogP contribution in [0.1, 0.15) is 38.4 Å². The molecule has 0 aromatic carbocycles. The molecule has 0 aliphatic carbocycles. The van der Waals surface area contributed by atoms with Crippen LogP contribution in [0.5, 0.6) is 0 Å². The molecule has 2 heterocycles. The van der Waals surface area contributed by atoms with Gasteiger partial charge in [-0.3, -0.25) is 0 Å². The van der Waals surface area contributed by atoms with Crippen LogP contribution in [0.2, 0.25) is 0 Å². The zero-order valence-corrected chi connectivity index (χ0v) is 13.0. The van der Waals surface area contributed by atoms with Crippen LogP contribution in [0.15, 0.2) is 24.3 Å². The first kappa shape index (κ1) is 15.0. The van der Waals surface area contributed by atoms with Crippen molar-refractivity contribution in [1.82, 2.24) is 10.3 Å². The molecule has 0 saturated heterocycles. The molecule has 1 aliphatic heterocycles. The summed E-state index contributed by atoms with van der Waals surface area (Å²) in [6.07, 6.45) is 6.61. The predicted octanol–water partition coefficient (Wildman–Crippen LogP) is 3.16. The first-order chi connectivity index (χ1) is 9.69. The SMILES string of the molecule is CCc1cc(CNCC(C)C)cc(N2CC=CCC2)n1. The molecule has 3 heteroatoms. The highest BCUT2D eigenvalue weighted by atomic mass is 15.2. The molecule has 20 heavy (non-hydrogen) atoms. The highest BCUT2D eigenvalue weighted by molar-refractivity contribution is 5.44. The Balaban J connectivity index is 2.09. The van der Waals surface area contributed by atoms with E-state index in [0.717, 1.165) is 44.8 Å². The van der Waals surface area contributed by atoms with Gasteiger partial charge in [0.1, 0.15) is 5.82 Å². The van der Waals surface area contributed by atoms with E-state index >= 15 is 0 Å². The van der Waals surface area contributed by atoms with Crippen LogP contribution in [0.25, 0.3) is 0 Å². The molecule has 0 bridgehead atoms. The van der Waals surface area contributed by atoms with E-state index in [2.05, 4.69) is 55.3 Å². The quantitative estimate of drug-likeness (QED) is 0.807. The molecule has 0 unspecified atom stereocenters. The fourth-order valence-electron chi connectivity index (χ4n) is 2.43. The summed E-state index contributed by atoms with van der Waals surface area (Å²) in [5.41, 5.74) is 2.54. The van der Waals surface area contributed by atoms with Crippen molar-refractivity contribution in [3.63, 3.8) is 0 Å². The number of pyridine rings is 1. The third-order valence-corrected chi connectivity index (χ3v) is 3.55. The smallest absolute Gasteiger partial charge is 0.129 e. The van der Waals surface area contributed by atoms with E-state index < -0.39 is 0 Å². The Hall–Kier alpha value is -1.35. The molecule has 0 atom stereocenters.